The molecule has 0 radical (unpaired) electrons. The highest BCUT2D eigenvalue weighted by atomic mass is 32.9. The normalized spacial score (nSPS) is 11.5. The van der Waals surface area contributed by atoms with Crippen LogP contribution in [0.3, 0.4) is 0 Å². The zero-order chi connectivity index (χ0) is 23.5. The first-order valence-electron chi connectivity index (χ1n) is 10.9. The van der Waals surface area contributed by atoms with E-state index in [1.807, 2.05) is 35.6 Å². The number of aromatic nitrogens is 1. The third-order valence-corrected chi connectivity index (χ3v) is 13.7. The van der Waals surface area contributed by atoms with E-state index >= 15 is 0 Å². The van der Waals surface area contributed by atoms with Gasteiger partial charge < -0.3 is 10.7 Å². The molecule has 1 heterocycles. The van der Waals surface area contributed by atoms with E-state index in [9.17, 15) is 0 Å². The van der Waals surface area contributed by atoms with Crippen LogP contribution >= 0.6 is 28.8 Å². The van der Waals surface area contributed by atoms with E-state index in [0.717, 1.165) is 28.0 Å². The minimum atomic E-state index is -2.02. The van der Waals surface area contributed by atoms with Crippen LogP contribution in [0, 0.1) is 0 Å². The average molecular weight is 515 g/mol. The van der Waals surface area contributed by atoms with Crippen LogP contribution in [0.15, 0.2) is 109 Å². The van der Waals surface area contributed by atoms with Crippen molar-refractivity contribution in [2.45, 2.75) is 5.75 Å². The zero-order valence-corrected chi connectivity index (χ0v) is 21.7. The maximum atomic E-state index is 6.39. The second-order valence-electron chi connectivity index (χ2n) is 8.00. The molecule has 0 saturated heterocycles. The third kappa shape index (κ3) is 4.62. The molecular formula is C28H23N2PS3. The first-order chi connectivity index (χ1) is 16.5. The molecule has 0 fully saturated rings. The molecule has 0 aliphatic carbocycles. The van der Waals surface area contributed by atoms with Crippen LogP contribution in [0.25, 0.3) is 22.0 Å². The summed E-state index contributed by atoms with van der Waals surface area (Å²) in [5.74, 6) is 0.808. The second kappa shape index (κ2) is 9.89. The summed E-state index contributed by atoms with van der Waals surface area (Å²) in [5.41, 5.74) is 11.3. The lowest BCUT2D eigenvalue weighted by Gasteiger charge is -2.22. The molecule has 168 valence electrons. The number of nitrogens with one attached hydrogen (secondary N) is 1. The molecule has 0 unspecified atom stereocenters. The van der Waals surface area contributed by atoms with Gasteiger partial charge in [-0.1, -0.05) is 115 Å². The first-order valence-corrected chi connectivity index (χ1v) is 15.7. The number of thiocarbonyl (C=S) groups is 1. The van der Waals surface area contributed by atoms with Crippen molar-refractivity contribution >= 4 is 67.1 Å². The number of hydrogen-bond acceptors (Lipinski definition) is 3. The predicted molar refractivity (Wildman–Crippen MR) is 157 cm³/mol. The van der Waals surface area contributed by atoms with Crippen LogP contribution in [0.2, 0.25) is 0 Å². The van der Waals surface area contributed by atoms with Gasteiger partial charge in [0.15, 0.2) is 0 Å². The Kier molecular flexibility index (Phi) is 6.71. The number of benzene rings is 4. The van der Waals surface area contributed by atoms with Crippen LogP contribution in [0.5, 0.6) is 0 Å². The molecule has 6 heteroatoms. The van der Waals surface area contributed by atoms with Gasteiger partial charge in [0, 0.05) is 27.9 Å². The van der Waals surface area contributed by atoms with Crippen LogP contribution in [0.1, 0.15) is 11.3 Å². The fourth-order valence-electron chi connectivity index (χ4n) is 4.09. The molecule has 0 bridgehead atoms. The zero-order valence-electron chi connectivity index (χ0n) is 18.3. The summed E-state index contributed by atoms with van der Waals surface area (Å²) in [4.78, 5) is 4.03. The van der Waals surface area contributed by atoms with Crippen LogP contribution in [0.4, 0.5) is 0 Å². The van der Waals surface area contributed by atoms with Crippen molar-refractivity contribution in [3.63, 3.8) is 0 Å². The molecule has 4 aromatic carbocycles. The number of fused-ring (bicyclic) bond motifs is 1. The average Bonchev–Trinajstić information content (AvgIpc) is 3.32. The maximum Gasteiger partial charge on any atom is 0.104 e. The Morgan fingerprint density at radius 1 is 0.794 bits per heavy atom. The van der Waals surface area contributed by atoms with Gasteiger partial charge in [-0.15, -0.1) is 11.4 Å². The van der Waals surface area contributed by atoms with Crippen LogP contribution in [-0.4, -0.2) is 9.97 Å². The molecule has 0 aliphatic heterocycles. The SMILES string of the molecule is NC(=S)c1cccc(-c2cccc3[nH]c(CSP(=S)(c4ccccc4)c4ccccc4)cc23)c1. The second-order valence-corrected chi connectivity index (χ2v) is 15.9. The summed E-state index contributed by atoms with van der Waals surface area (Å²) in [6.45, 7) is 0. The molecule has 2 nitrogen and oxygen atoms in total. The third-order valence-electron chi connectivity index (χ3n) is 5.77. The Hall–Kier alpha value is -2.69. The number of nitrogens with two attached hydrogens (primary N) is 1. The predicted octanol–water partition coefficient (Wildman–Crippen LogP) is 6.75. The molecule has 0 amide bonds. The Morgan fingerprint density at radius 3 is 2.09 bits per heavy atom. The van der Waals surface area contributed by atoms with Crippen LogP contribution < -0.4 is 16.3 Å². The van der Waals surface area contributed by atoms with Crippen molar-refractivity contribution in [2.24, 2.45) is 5.73 Å². The largest absolute Gasteiger partial charge is 0.389 e. The lowest BCUT2D eigenvalue weighted by atomic mass is 10.00. The standard InChI is InChI=1S/C28H23N2PS3/c29-28(32)21-10-7-9-20(17-21)25-15-8-16-27-26(25)18-22(30-27)19-34-31(33,23-11-3-1-4-12-23)24-13-5-2-6-14-24/h1-18,30H,19H2,(H2,29,32). The smallest absolute Gasteiger partial charge is 0.104 e. The minimum Gasteiger partial charge on any atom is -0.389 e. The van der Waals surface area contributed by atoms with Gasteiger partial charge in [0.05, 0.1) is 5.24 Å². The summed E-state index contributed by atoms with van der Waals surface area (Å²) < 4.78 is 0. The number of H-pyrrole nitrogens is 1. The molecule has 34 heavy (non-hydrogen) atoms. The lowest BCUT2D eigenvalue weighted by molar-refractivity contribution is 1.27. The topological polar surface area (TPSA) is 41.8 Å². The van der Waals surface area contributed by atoms with Gasteiger partial charge in [0.25, 0.3) is 0 Å². The minimum absolute atomic E-state index is 0.410. The van der Waals surface area contributed by atoms with Crippen molar-refractivity contribution in [3.8, 4) is 11.1 Å². The van der Waals surface area contributed by atoms with E-state index in [1.54, 1.807) is 0 Å². The van der Waals surface area contributed by atoms with Gasteiger partial charge >= 0.3 is 0 Å². The fourth-order valence-corrected chi connectivity index (χ4v) is 10.2. The molecule has 0 aliphatic rings. The number of aromatic amines is 1. The first kappa shape index (κ1) is 23.1. The van der Waals surface area contributed by atoms with E-state index in [4.69, 9.17) is 29.8 Å². The number of rotatable bonds is 7. The Labute approximate surface area is 214 Å². The van der Waals surface area contributed by atoms with Gasteiger partial charge in [-0.3, -0.25) is 0 Å². The van der Waals surface area contributed by atoms with E-state index in [-0.39, 0.29) is 0 Å². The van der Waals surface area contributed by atoms with Crippen molar-refractivity contribution in [3.05, 3.63) is 120 Å². The van der Waals surface area contributed by atoms with E-state index in [2.05, 4.69) is 89.9 Å². The lowest BCUT2D eigenvalue weighted by Crippen LogP contribution is -2.13. The van der Waals surface area contributed by atoms with Crippen molar-refractivity contribution in [1.29, 1.82) is 0 Å². The quantitative estimate of drug-likeness (QED) is 0.186. The van der Waals surface area contributed by atoms with Gasteiger partial charge in [0.1, 0.15) is 4.99 Å². The molecule has 1 aromatic heterocycles. The molecule has 0 atom stereocenters. The molecule has 0 saturated carbocycles. The van der Waals surface area contributed by atoms with Crippen LogP contribution in [-0.2, 0) is 17.6 Å². The highest BCUT2D eigenvalue weighted by Gasteiger charge is 2.23. The highest BCUT2D eigenvalue weighted by Crippen LogP contribution is 2.58. The van der Waals surface area contributed by atoms with Crippen molar-refractivity contribution in [2.75, 3.05) is 0 Å². The number of hydrogen-bond donors (Lipinski definition) is 2. The summed E-state index contributed by atoms with van der Waals surface area (Å²) >= 11 is 13.4. The monoisotopic (exact) mass is 514 g/mol. The van der Waals surface area contributed by atoms with E-state index < -0.39 is 5.24 Å². The van der Waals surface area contributed by atoms with Gasteiger partial charge in [0.2, 0.25) is 0 Å². The Morgan fingerprint density at radius 2 is 1.44 bits per heavy atom. The molecular weight excluding hydrogens is 491 g/mol. The summed E-state index contributed by atoms with van der Waals surface area (Å²) in [5, 5.41) is 1.63. The van der Waals surface area contributed by atoms with Gasteiger partial charge in [-0.05, 0) is 39.9 Å². The molecule has 5 rings (SSSR count). The summed E-state index contributed by atoms with van der Waals surface area (Å²) in [6.07, 6.45) is 0. The van der Waals surface area contributed by atoms with Crippen molar-refractivity contribution < 1.29 is 0 Å². The Bertz CT molecular complexity index is 1470. The van der Waals surface area contributed by atoms with E-state index in [0.29, 0.717) is 4.99 Å². The summed E-state index contributed by atoms with van der Waals surface area (Å²) in [7, 11) is 0. The maximum absolute atomic E-state index is 6.39. The molecule has 0 spiro atoms. The Balaban J connectivity index is 1.50. The summed E-state index contributed by atoms with van der Waals surface area (Å²) in [6, 6.07) is 37.8. The van der Waals surface area contributed by atoms with Crippen molar-refractivity contribution in [1.82, 2.24) is 4.98 Å². The van der Waals surface area contributed by atoms with Gasteiger partial charge in [-0.25, -0.2) is 0 Å². The van der Waals surface area contributed by atoms with Gasteiger partial charge in [-0.2, -0.15) is 0 Å². The molecule has 3 N–H and O–H groups in total. The highest BCUT2D eigenvalue weighted by molar-refractivity contribution is 8.75. The molecule has 5 aromatic rings. The van der Waals surface area contributed by atoms with E-state index in [1.165, 1.54) is 21.7 Å². The fraction of sp³-hybridized carbons (Fsp3) is 0.0357.